The van der Waals surface area contributed by atoms with Gasteiger partial charge in [0.15, 0.2) is 33.3 Å². The van der Waals surface area contributed by atoms with Gasteiger partial charge in [-0.25, -0.2) is 0 Å². The van der Waals surface area contributed by atoms with Crippen molar-refractivity contribution in [2.75, 3.05) is 33.0 Å². The molecule has 0 aromatic heterocycles. The summed E-state index contributed by atoms with van der Waals surface area (Å²) in [6.07, 6.45) is 21.5. The van der Waals surface area contributed by atoms with Crippen molar-refractivity contribution in [3.8, 4) is 0 Å². The summed E-state index contributed by atoms with van der Waals surface area (Å²) in [4.78, 5) is 12.2. The fraction of sp³-hybridized carbons (Fsp3) is 0.971. The number of aliphatic hydroxyl groups is 1. The van der Waals surface area contributed by atoms with Gasteiger partial charge in [-0.3, -0.25) is 4.79 Å². The van der Waals surface area contributed by atoms with E-state index in [0.29, 0.717) is 59.7 Å². The summed E-state index contributed by atoms with van der Waals surface area (Å²) in [5.41, 5.74) is 0.424. The summed E-state index contributed by atoms with van der Waals surface area (Å²) in [5.74, 6) is 2.59. The Morgan fingerprint density at radius 3 is 1.12 bits per heavy atom. The van der Waals surface area contributed by atoms with E-state index in [4.69, 9.17) is 27.2 Å². The van der Waals surface area contributed by atoms with E-state index in [0.717, 1.165) is 65.0 Å². The van der Waals surface area contributed by atoms with E-state index in [1.807, 2.05) is 34.6 Å². The first-order valence-corrected chi connectivity index (χ1v) is 44.8. The maximum absolute atomic E-state index is 12.2. The number of hydrogen-bond acceptors (Lipinski definition) is 8. The fourth-order valence-corrected chi connectivity index (χ4v) is 19.3. The number of esters is 1. The first-order chi connectivity index (χ1) is 36.1. The Hall–Kier alpha value is 1.34. The average Bonchev–Trinajstić information content (AvgIpc) is 3.83. The fourth-order valence-electron chi connectivity index (χ4n) is 14.4. The Balaban J connectivity index is 0. The van der Waals surface area contributed by atoms with E-state index in [1.165, 1.54) is 70.6 Å². The van der Waals surface area contributed by atoms with Crippen molar-refractivity contribution in [2.45, 2.75) is 351 Å². The maximum Gasteiger partial charge on any atom is 2.00 e. The summed E-state index contributed by atoms with van der Waals surface area (Å²) >= 11 is 0. The number of ether oxygens (including phenoxy) is 2. The molecule has 1 N–H and O–H groups in total. The van der Waals surface area contributed by atoms with Gasteiger partial charge in [0, 0.05) is 45.1 Å². The second kappa shape index (κ2) is 33.8. The molecule has 4 fully saturated rings. The van der Waals surface area contributed by atoms with Gasteiger partial charge in [0.05, 0.1) is 12.2 Å². The van der Waals surface area contributed by atoms with Gasteiger partial charge < -0.3 is 56.7 Å². The second-order valence-electron chi connectivity index (χ2n) is 34.2. The Kier molecular flexibility index (Phi) is 35.2. The van der Waals surface area contributed by atoms with Crippen molar-refractivity contribution in [1.29, 1.82) is 0 Å². The van der Waals surface area contributed by atoms with Gasteiger partial charge in [-0.1, -0.05) is 130 Å². The minimum Gasteiger partial charge on any atom is -1.00 e. The molecule has 0 heterocycles. The minimum absolute atomic E-state index is 0. The molecule has 492 valence electrons. The molecule has 0 radical (unpaired) electrons. The summed E-state index contributed by atoms with van der Waals surface area (Å²) in [7, 11) is -7.19. The molecule has 4 rings (SSSR count). The molecular weight excluding hydrogens is 1170 g/mol. The number of halogens is 1. The van der Waals surface area contributed by atoms with E-state index >= 15 is 0 Å². The molecule has 14 heteroatoms. The van der Waals surface area contributed by atoms with E-state index in [-0.39, 0.29) is 84.4 Å². The van der Waals surface area contributed by atoms with Crippen LogP contribution in [0.1, 0.15) is 261 Å². The van der Waals surface area contributed by atoms with Crippen molar-refractivity contribution < 1.29 is 54.1 Å². The molecule has 0 saturated heterocycles. The van der Waals surface area contributed by atoms with E-state index in [2.05, 4.69) is 163 Å². The third-order valence-electron chi connectivity index (χ3n) is 23.6. The second-order valence-corrected chi connectivity index (χ2v) is 53.4. The molecule has 0 bridgehead atoms. The zero-order valence-electron chi connectivity index (χ0n) is 61.1. The van der Waals surface area contributed by atoms with Gasteiger partial charge in [-0.05, 0) is 242 Å². The van der Waals surface area contributed by atoms with Crippen LogP contribution in [0.2, 0.25) is 72.5 Å². The van der Waals surface area contributed by atoms with Crippen LogP contribution >= 0.6 is 0 Å². The molecule has 4 unspecified atom stereocenters. The van der Waals surface area contributed by atoms with Crippen LogP contribution in [-0.2, 0) is 32.0 Å². The van der Waals surface area contributed by atoms with Gasteiger partial charge in [0.1, 0.15) is 0 Å². The first-order valence-electron chi connectivity index (χ1n) is 33.2. The van der Waals surface area contributed by atoms with Crippen molar-refractivity contribution >= 4 is 62.3 Å². The van der Waals surface area contributed by atoms with Crippen LogP contribution in [-0.4, -0.2) is 118 Å². The van der Waals surface area contributed by atoms with E-state index in [1.54, 1.807) is 0 Å². The maximum atomic E-state index is 12.2. The Labute approximate surface area is 549 Å². The summed E-state index contributed by atoms with van der Waals surface area (Å²) in [6.45, 7) is 71.4. The zero-order valence-corrected chi connectivity index (χ0v) is 68.1. The van der Waals surface area contributed by atoms with Gasteiger partial charge in [-0.2, -0.15) is 0 Å². The third-order valence-corrected chi connectivity index (χ3v) is 41.7. The molecule has 10 atom stereocenters. The normalized spacial score (nSPS) is 26.9. The Morgan fingerprint density at radius 1 is 0.494 bits per heavy atom. The molecule has 8 nitrogen and oxygen atoms in total. The Morgan fingerprint density at radius 2 is 0.831 bits per heavy atom. The topological polar surface area (TPSA) is 92.7 Å². The standard InChI is InChI=1S/C32H64O4Si2.C32H66O3Si2.C4H10O.CH3.BrH.Mg/c1-14-34-28(33)18-16-21-31(8,23-24-35-37(10,11)29(2,3)4)27-20-19-25-26(17-15-22-32(25,27)9)36-38(12,13)30(5,6)7;1-28(2,3)36(11,12)34-24-23-31(9,21-16-20-30(7,8)33)27-19-18-25-26(17-15-22-32(25,27)10)35-37(13,14)29(4,5)6;1-3-5-4-2;;;/h25-27H,14-24H2,1-13H3;25-27,33H,15-24H2,1-14H3;3-4H2,1-2H3;1H3;1H;/q;;;-1;;+2/p-1/t2*25?,26-,27+,31?,32-;;;;/m00..../s1. The summed E-state index contributed by atoms with van der Waals surface area (Å²) < 4.78 is 37.9. The number of fused-ring (bicyclic) bond motifs is 2. The largest absolute Gasteiger partial charge is 2.00 e. The van der Waals surface area contributed by atoms with E-state index < -0.39 is 38.9 Å². The predicted octanol–water partition coefficient (Wildman–Crippen LogP) is 17.8. The predicted molar refractivity (Wildman–Crippen MR) is 367 cm³/mol. The number of carbonyl (C=O) groups excluding carboxylic acids is 1. The van der Waals surface area contributed by atoms with Crippen molar-refractivity contribution in [3.63, 3.8) is 0 Å². The van der Waals surface area contributed by atoms with Crippen LogP contribution in [0.15, 0.2) is 0 Å². The molecule has 0 aromatic carbocycles. The quantitative estimate of drug-likeness (QED) is 0.0549. The Bertz CT molecular complexity index is 1850. The molecular formula is C69H143BrMgO8Si4. The van der Waals surface area contributed by atoms with Crippen molar-refractivity contribution in [3.05, 3.63) is 7.43 Å². The van der Waals surface area contributed by atoms with Crippen molar-refractivity contribution in [1.82, 2.24) is 0 Å². The van der Waals surface area contributed by atoms with Gasteiger partial charge in [-0.15, -0.1) is 0 Å². The summed E-state index contributed by atoms with van der Waals surface area (Å²) in [6, 6.07) is 0. The molecule has 4 aliphatic rings. The van der Waals surface area contributed by atoms with E-state index in [9.17, 15) is 9.90 Å². The smallest absolute Gasteiger partial charge is 1.00 e. The van der Waals surface area contributed by atoms with Gasteiger partial charge in [0.25, 0.3) is 0 Å². The van der Waals surface area contributed by atoms with Crippen LogP contribution < -0.4 is 17.0 Å². The molecule has 0 aromatic rings. The molecule has 4 aliphatic carbocycles. The van der Waals surface area contributed by atoms with Crippen LogP contribution in [0.3, 0.4) is 0 Å². The van der Waals surface area contributed by atoms with Crippen LogP contribution in [0, 0.1) is 52.8 Å². The molecule has 83 heavy (non-hydrogen) atoms. The average molecular weight is 1320 g/mol. The molecule has 0 aliphatic heterocycles. The number of hydrogen-bond donors (Lipinski definition) is 1. The molecule has 4 saturated carbocycles. The molecule has 0 spiro atoms. The van der Waals surface area contributed by atoms with Crippen LogP contribution in [0.4, 0.5) is 0 Å². The summed E-state index contributed by atoms with van der Waals surface area (Å²) in [5, 5.41) is 11.4. The SMILES string of the molecule is CC(C)(O)CCCC(C)(CCO[Si](C)(C)C(C)(C)C)[C@H]1CCC2[C@@H](O[Si](C)(C)C(C)(C)C)CCC[C@@]21C.CCOC(=O)CCCC(C)(CCO[Si](C)(C)C(C)(C)C)[C@H]1CCC2[C@@H](O[Si](C)(C)C(C)(C)C)CCC[C@@]21C.CCOCC.[Br-].[CH3-].[Mg+2]. The monoisotopic (exact) mass is 1310 g/mol. The minimum atomic E-state index is -1.82. The van der Waals surface area contributed by atoms with Gasteiger partial charge >= 0.3 is 29.0 Å². The van der Waals surface area contributed by atoms with Crippen LogP contribution in [0.25, 0.3) is 0 Å². The van der Waals surface area contributed by atoms with Crippen molar-refractivity contribution in [2.24, 2.45) is 45.3 Å². The van der Waals surface area contributed by atoms with Crippen LogP contribution in [0.5, 0.6) is 0 Å². The third kappa shape index (κ3) is 24.1. The number of rotatable bonds is 25. The zero-order chi connectivity index (χ0) is 62.0. The van der Waals surface area contributed by atoms with Gasteiger partial charge in [0.2, 0.25) is 0 Å². The molecule has 0 amide bonds. The number of carbonyl (C=O) groups is 1. The first kappa shape index (κ1) is 86.4.